The molecule has 0 amide bonds. The molecule has 1 aliphatic rings. The van der Waals surface area contributed by atoms with E-state index < -0.39 is 41.9 Å². The van der Waals surface area contributed by atoms with Gasteiger partial charge in [0.1, 0.15) is 18.3 Å². The summed E-state index contributed by atoms with van der Waals surface area (Å²) in [6.07, 6.45) is -5.02. The number of nitrogens with one attached hydrogen (secondary N) is 1. The molecule has 1 saturated heterocycles. The van der Waals surface area contributed by atoms with Crippen LogP contribution < -0.4 is 16.0 Å². The van der Waals surface area contributed by atoms with Crippen LogP contribution in [0.5, 0.6) is 5.75 Å². The summed E-state index contributed by atoms with van der Waals surface area (Å²) in [7, 11) is 1.25. The zero-order chi connectivity index (χ0) is 15.0. The van der Waals surface area contributed by atoms with Gasteiger partial charge in [-0.1, -0.05) is 0 Å². The lowest BCUT2D eigenvalue weighted by Crippen LogP contribution is -2.39. The van der Waals surface area contributed by atoms with E-state index in [1.54, 1.807) is 0 Å². The predicted molar refractivity (Wildman–Crippen MR) is 65.5 cm³/mol. The molecule has 112 valence electrons. The molecule has 0 saturated carbocycles. The third kappa shape index (κ3) is 2.36. The zero-order valence-electron chi connectivity index (χ0n) is 10.9. The molecule has 9 nitrogen and oxygen atoms in total. The number of ether oxygens (including phenoxy) is 2. The number of aromatic nitrogens is 2. The second-order valence-corrected chi connectivity index (χ2v) is 4.58. The maximum absolute atomic E-state index is 11.7. The lowest BCUT2D eigenvalue weighted by Gasteiger charge is -2.18. The monoisotopic (exact) mass is 288 g/mol. The molecule has 1 unspecified atom stereocenters. The number of nitrogens with zero attached hydrogens (tertiary/aromatic N) is 1. The van der Waals surface area contributed by atoms with Crippen LogP contribution in [0.1, 0.15) is 13.2 Å². The maximum Gasteiger partial charge on any atom is 0.330 e. The molecule has 0 aliphatic carbocycles. The predicted octanol–water partition coefficient (Wildman–Crippen LogP) is -2.45. The van der Waals surface area contributed by atoms with Crippen molar-refractivity contribution < 1.29 is 24.8 Å². The van der Waals surface area contributed by atoms with Crippen LogP contribution in [0.4, 0.5) is 0 Å². The molecule has 0 aromatic carbocycles. The third-order valence-electron chi connectivity index (χ3n) is 3.18. The van der Waals surface area contributed by atoms with E-state index in [4.69, 9.17) is 9.47 Å². The Kier molecular flexibility index (Phi) is 3.95. The van der Waals surface area contributed by atoms with Crippen molar-refractivity contribution in [3.63, 3.8) is 0 Å². The van der Waals surface area contributed by atoms with E-state index >= 15 is 0 Å². The fourth-order valence-corrected chi connectivity index (χ4v) is 2.12. The molecular weight excluding hydrogens is 272 g/mol. The molecule has 1 fully saturated rings. The molecule has 5 atom stereocenters. The molecule has 1 aromatic rings. The second-order valence-electron chi connectivity index (χ2n) is 4.58. The van der Waals surface area contributed by atoms with Crippen LogP contribution in [-0.2, 0) is 4.74 Å². The number of aliphatic hydroxyl groups excluding tert-OH is 3. The normalized spacial score (nSPS) is 31.2. The number of aliphatic hydroxyl groups is 3. The molecule has 2 heterocycles. The van der Waals surface area contributed by atoms with Crippen LogP contribution in [0.25, 0.3) is 0 Å². The van der Waals surface area contributed by atoms with Crippen LogP contribution in [0.3, 0.4) is 0 Å². The molecular formula is C11H16N2O7. The van der Waals surface area contributed by atoms with E-state index in [9.17, 15) is 24.9 Å². The third-order valence-corrected chi connectivity index (χ3v) is 3.18. The van der Waals surface area contributed by atoms with Crippen molar-refractivity contribution in [3.8, 4) is 5.75 Å². The highest BCUT2D eigenvalue weighted by molar-refractivity contribution is 5.12. The molecule has 2 rings (SSSR count). The highest BCUT2D eigenvalue weighted by Gasteiger charge is 2.46. The Morgan fingerprint density at radius 3 is 2.55 bits per heavy atom. The molecule has 4 N–H and O–H groups in total. The average molecular weight is 288 g/mol. The molecule has 1 aromatic heterocycles. The Hall–Kier alpha value is -1.68. The van der Waals surface area contributed by atoms with Crippen LogP contribution in [-0.4, -0.2) is 56.4 Å². The number of H-pyrrole nitrogens is 1. The van der Waals surface area contributed by atoms with Gasteiger partial charge in [-0.05, 0) is 6.92 Å². The molecule has 9 heteroatoms. The Morgan fingerprint density at radius 1 is 1.40 bits per heavy atom. The van der Waals surface area contributed by atoms with Crippen LogP contribution in [0.15, 0.2) is 15.8 Å². The number of rotatable bonds is 3. The SMILES string of the molecule is COc1cn([C@@H]2O[C@H]([C@@H](C)O)C(O)[C@@H]2O)c(=O)[nH]c1=O. The van der Waals surface area contributed by atoms with E-state index in [-0.39, 0.29) is 5.75 Å². The van der Waals surface area contributed by atoms with Crippen molar-refractivity contribution in [2.75, 3.05) is 7.11 Å². The second kappa shape index (κ2) is 5.37. The van der Waals surface area contributed by atoms with Crippen molar-refractivity contribution >= 4 is 0 Å². The Labute approximate surface area is 113 Å². The standard InChI is InChI=1S/C11H16N2O7/c1-4(14)8-6(15)7(16)10(20-8)13-3-5(19-2)9(17)12-11(13)18/h3-4,6-8,10,14-16H,1-2H3,(H,12,17,18)/t4-,6?,7+,8-,10-/m1/s1. The summed E-state index contributed by atoms with van der Waals surface area (Å²) in [5.41, 5.74) is -1.54. The van der Waals surface area contributed by atoms with Gasteiger partial charge in [-0.15, -0.1) is 0 Å². The van der Waals surface area contributed by atoms with Crippen molar-refractivity contribution in [1.82, 2.24) is 9.55 Å². The van der Waals surface area contributed by atoms with E-state index in [0.717, 1.165) is 10.8 Å². The first-order valence-electron chi connectivity index (χ1n) is 5.96. The first-order chi connectivity index (χ1) is 9.36. The van der Waals surface area contributed by atoms with Gasteiger partial charge < -0.3 is 24.8 Å². The molecule has 0 bridgehead atoms. The van der Waals surface area contributed by atoms with E-state index in [1.807, 2.05) is 4.98 Å². The Morgan fingerprint density at radius 2 is 2.05 bits per heavy atom. The smallest absolute Gasteiger partial charge is 0.330 e. The highest BCUT2D eigenvalue weighted by Crippen LogP contribution is 2.30. The Bertz CT molecular complexity index is 593. The summed E-state index contributed by atoms with van der Waals surface area (Å²) < 4.78 is 11.0. The topological polar surface area (TPSA) is 134 Å². The lowest BCUT2D eigenvalue weighted by molar-refractivity contribution is -0.0805. The van der Waals surface area contributed by atoms with Crippen LogP contribution >= 0.6 is 0 Å². The van der Waals surface area contributed by atoms with Gasteiger partial charge in [-0.25, -0.2) is 4.79 Å². The van der Waals surface area contributed by atoms with Gasteiger partial charge in [-0.3, -0.25) is 14.3 Å². The number of aromatic amines is 1. The van der Waals surface area contributed by atoms with Crippen molar-refractivity contribution in [2.24, 2.45) is 0 Å². The lowest BCUT2D eigenvalue weighted by atomic mass is 10.1. The first kappa shape index (κ1) is 14.7. The maximum atomic E-state index is 11.7. The van der Waals surface area contributed by atoms with E-state index in [1.165, 1.54) is 14.0 Å². The van der Waals surface area contributed by atoms with Gasteiger partial charge in [0.25, 0.3) is 5.56 Å². The molecule has 0 radical (unpaired) electrons. The van der Waals surface area contributed by atoms with Crippen LogP contribution in [0, 0.1) is 0 Å². The van der Waals surface area contributed by atoms with Gasteiger partial charge in [0.15, 0.2) is 6.23 Å². The van der Waals surface area contributed by atoms with Crippen molar-refractivity contribution in [1.29, 1.82) is 0 Å². The van der Waals surface area contributed by atoms with Gasteiger partial charge in [0.05, 0.1) is 19.4 Å². The summed E-state index contributed by atoms with van der Waals surface area (Å²) in [5.74, 6) is -0.143. The van der Waals surface area contributed by atoms with E-state index in [2.05, 4.69) is 0 Å². The van der Waals surface area contributed by atoms with Crippen molar-refractivity contribution in [3.05, 3.63) is 27.0 Å². The van der Waals surface area contributed by atoms with Gasteiger partial charge in [-0.2, -0.15) is 0 Å². The highest BCUT2D eigenvalue weighted by atomic mass is 16.6. The summed E-state index contributed by atoms with van der Waals surface area (Å²) in [5, 5.41) is 29.1. The minimum atomic E-state index is -1.43. The van der Waals surface area contributed by atoms with Crippen molar-refractivity contribution in [2.45, 2.75) is 37.6 Å². The molecule has 20 heavy (non-hydrogen) atoms. The number of methoxy groups -OCH3 is 1. The first-order valence-corrected chi connectivity index (χ1v) is 5.96. The van der Waals surface area contributed by atoms with Crippen LogP contribution in [0.2, 0.25) is 0 Å². The largest absolute Gasteiger partial charge is 0.490 e. The quantitative estimate of drug-likeness (QED) is 0.485. The van der Waals surface area contributed by atoms with E-state index in [0.29, 0.717) is 0 Å². The number of hydrogen-bond donors (Lipinski definition) is 4. The molecule has 0 spiro atoms. The summed E-state index contributed by atoms with van der Waals surface area (Å²) in [6, 6.07) is 0. The van der Waals surface area contributed by atoms with Gasteiger partial charge >= 0.3 is 5.69 Å². The minimum absolute atomic E-state index is 0.143. The van der Waals surface area contributed by atoms with Gasteiger partial charge in [0, 0.05) is 0 Å². The molecule has 1 aliphatic heterocycles. The van der Waals surface area contributed by atoms with Gasteiger partial charge in [0.2, 0.25) is 5.75 Å². The fourth-order valence-electron chi connectivity index (χ4n) is 2.12. The summed E-state index contributed by atoms with van der Waals surface area (Å²) in [6.45, 7) is 1.39. The minimum Gasteiger partial charge on any atom is -0.490 e. The average Bonchev–Trinajstić information content (AvgIpc) is 2.67. The Balaban J connectivity index is 2.42. The zero-order valence-corrected chi connectivity index (χ0v) is 10.9. The summed E-state index contributed by atoms with van der Waals surface area (Å²) in [4.78, 5) is 25.1. The fraction of sp³-hybridized carbons (Fsp3) is 0.636. The summed E-state index contributed by atoms with van der Waals surface area (Å²) >= 11 is 0. The number of hydrogen-bond acceptors (Lipinski definition) is 7.